The van der Waals surface area contributed by atoms with E-state index < -0.39 is 23.5 Å². The fraction of sp³-hybridized carbons (Fsp3) is 0.385. The monoisotopic (exact) mass is 269 g/mol. The van der Waals surface area contributed by atoms with Gasteiger partial charge in [-0.3, -0.25) is 9.59 Å². The van der Waals surface area contributed by atoms with Gasteiger partial charge in [0.05, 0.1) is 18.8 Å². The van der Waals surface area contributed by atoms with Crippen molar-refractivity contribution in [1.82, 2.24) is 0 Å². The van der Waals surface area contributed by atoms with Crippen LogP contribution >= 0.6 is 0 Å². The van der Waals surface area contributed by atoms with Crippen LogP contribution in [0.1, 0.15) is 6.92 Å². The van der Waals surface area contributed by atoms with E-state index in [2.05, 4.69) is 0 Å². The van der Waals surface area contributed by atoms with Gasteiger partial charge in [-0.25, -0.2) is 8.78 Å². The lowest BCUT2D eigenvalue weighted by Crippen LogP contribution is -2.26. The second-order valence-electron chi connectivity index (χ2n) is 4.25. The Morgan fingerprint density at radius 2 is 2.21 bits per heavy atom. The number of nitrogens with zero attached hydrogens (tertiary/aromatic N) is 1. The smallest absolute Gasteiger partial charge is 0.318 e. The Kier molecular flexibility index (Phi) is 3.78. The van der Waals surface area contributed by atoms with Crippen LogP contribution in [0.15, 0.2) is 18.2 Å². The molecule has 0 saturated carbocycles. The zero-order chi connectivity index (χ0) is 14.0. The van der Waals surface area contributed by atoms with Crippen LogP contribution in [0.5, 0.6) is 0 Å². The molecule has 1 aromatic carbocycles. The van der Waals surface area contributed by atoms with Gasteiger partial charge in [-0.05, 0) is 19.1 Å². The molecule has 19 heavy (non-hydrogen) atoms. The van der Waals surface area contributed by atoms with Crippen molar-refractivity contribution in [3.8, 4) is 0 Å². The molecule has 0 N–H and O–H groups in total. The molecule has 0 bridgehead atoms. The third-order valence-corrected chi connectivity index (χ3v) is 2.96. The Morgan fingerprint density at radius 3 is 2.84 bits per heavy atom. The van der Waals surface area contributed by atoms with Crippen LogP contribution in [0, 0.1) is 17.6 Å². The normalized spacial score (nSPS) is 18.8. The van der Waals surface area contributed by atoms with Crippen molar-refractivity contribution in [3.63, 3.8) is 0 Å². The van der Waals surface area contributed by atoms with Crippen LogP contribution in [0.25, 0.3) is 0 Å². The van der Waals surface area contributed by atoms with Crippen molar-refractivity contribution >= 4 is 17.4 Å². The van der Waals surface area contributed by atoms with Crippen LogP contribution in [0.3, 0.4) is 0 Å². The van der Waals surface area contributed by atoms with Crippen LogP contribution in [0.2, 0.25) is 0 Å². The molecule has 4 nitrogen and oxygen atoms in total. The summed E-state index contributed by atoms with van der Waals surface area (Å²) in [6, 6.07) is 3.11. The van der Waals surface area contributed by atoms with Crippen molar-refractivity contribution in [3.05, 3.63) is 29.8 Å². The van der Waals surface area contributed by atoms with E-state index >= 15 is 0 Å². The average molecular weight is 269 g/mol. The summed E-state index contributed by atoms with van der Waals surface area (Å²) in [5.41, 5.74) is 0.113. The van der Waals surface area contributed by atoms with Gasteiger partial charge in [-0.2, -0.15) is 0 Å². The number of anilines is 1. The highest BCUT2D eigenvalue weighted by atomic mass is 19.1. The maximum Gasteiger partial charge on any atom is 0.318 e. The minimum atomic E-state index is -0.899. The van der Waals surface area contributed by atoms with Gasteiger partial charge in [-0.1, -0.05) is 0 Å². The van der Waals surface area contributed by atoms with E-state index in [0.717, 1.165) is 12.1 Å². The molecule has 1 unspecified atom stereocenters. The Bertz CT molecular complexity index is 519. The van der Waals surface area contributed by atoms with E-state index in [0.29, 0.717) is 0 Å². The van der Waals surface area contributed by atoms with Crippen molar-refractivity contribution in [1.29, 1.82) is 0 Å². The van der Waals surface area contributed by atoms with Crippen LogP contribution < -0.4 is 4.90 Å². The quantitative estimate of drug-likeness (QED) is 0.616. The predicted octanol–water partition coefficient (Wildman–Crippen LogP) is 1.53. The summed E-state index contributed by atoms with van der Waals surface area (Å²) in [6.45, 7) is 1.81. The molecule has 0 radical (unpaired) electrons. The lowest BCUT2D eigenvalue weighted by molar-refractivity contribution is -0.149. The van der Waals surface area contributed by atoms with E-state index in [1.54, 1.807) is 6.92 Å². The lowest BCUT2D eigenvalue weighted by atomic mass is 10.1. The van der Waals surface area contributed by atoms with E-state index in [-0.39, 0.29) is 31.2 Å². The molecule has 6 heteroatoms. The van der Waals surface area contributed by atoms with Crippen LogP contribution in [-0.2, 0) is 14.3 Å². The predicted molar refractivity (Wildman–Crippen MR) is 63.7 cm³/mol. The van der Waals surface area contributed by atoms with Crippen LogP contribution in [0.4, 0.5) is 14.5 Å². The van der Waals surface area contributed by atoms with Gasteiger partial charge in [0.2, 0.25) is 0 Å². The molecule has 1 aliphatic heterocycles. The SMILES string of the molecule is CCOC(=O)C1CN(c2ccc(F)cc2F)CC1=O. The van der Waals surface area contributed by atoms with Gasteiger partial charge in [-0.15, -0.1) is 0 Å². The highest BCUT2D eigenvalue weighted by Gasteiger charge is 2.38. The molecule has 1 aliphatic rings. The minimum absolute atomic E-state index is 0.0558. The number of carbonyl (C=O) groups excluding carboxylic acids is 2. The molecule has 0 aromatic heterocycles. The number of hydrogen-bond donors (Lipinski definition) is 0. The second-order valence-corrected chi connectivity index (χ2v) is 4.25. The lowest BCUT2D eigenvalue weighted by Gasteiger charge is -2.17. The molecule has 0 spiro atoms. The van der Waals surface area contributed by atoms with Crippen molar-refractivity contribution in [2.45, 2.75) is 6.92 Å². The van der Waals surface area contributed by atoms with Gasteiger partial charge in [0, 0.05) is 12.6 Å². The van der Waals surface area contributed by atoms with E-state index in [1.807, 2.05) is 0 Å². The molecular formula is C13H13F2NO3. The number of hydrogen-bond acceptors (Lipinski definition) is 4. The van der Waals surface area contributed by atoms with E-state index in [1.165, 1.54) is 11.0 Å². The largest absolute Gasteiger partial charge is 0.465 e. The summed E-state index contributed by atoms with van der Waals surface area (Å²) < 4.78 is 31.2. The molecule has 1 saturated heterocycles. The molecule has 1 heterocycles. The highest BCUT2D eigenvalue weighted by Crippen LogP contribution is 2.25. The van der Waals surface area contributed by atoms with Crippen LogP contribution in [-0.4, -0.2) is 31.4 Å². The minimum Gasteiger partial charge on any atom is -0.465 e. The number of halogens is 2. The molecule has 0 aliphatic carbocycles. The number of carbonyl (C=O) groups is 2. The summed E-state index contributed by atoms with van der Waals surface area (Å²) in [5.74, 6) is -3.25. The van der Waals surface area contributed by atoms with Gasteiger partial charge in [0.1, 0.15) is 17.6 Å². The van der Waals surface area contributed by atoms with E-state index in [9.17, 15) is 18.4 Å². The van der Waals surface area contributed by atoms with Crippen molar-refractivity contribution in [2.75, 3.05) is 24.6 Å². The first-order valence-corrected chi connectivity index (χ1v) is 5.92. The fourth-order valence-electron chi connectivity index (χ4n) is 2.06. The Hall–Kier alpha value is -1.98. The Morgan fingerprint density at radius 1 is 1.47 bits per heavy atom. The van der Waals surface area contributed by atoms with E-state index in [4.69, 9.17) is 4.74 Å². The van der Waals surface area contributed by atoms with Gasteiger partial charge >= 0.3 is 5.97 Å². The highest BCUT2D eigenvalue weighted by molar-refractivity contribution is 6.04. The van der Waals surface area contributed by atoms with Gasteiger partial charge in [0.15, 0.2) is 5.78 Å². The molecule has 1 atom stereocenters. The second kappa shape index (κ2) is 5.34. The molecule has 2 rings (SSSR count). The molecule has 0 amide bonds. The zero-order valence-electron chi connectivity index (χ0n) is 10.4. The average Bonchev–Trinajstić information content (AvgIpc) is 2.71. The van der Waals surface area contributed by atoms with Gasteiger partial charge in [0.25, 0.3) is 0 Å². The summed E-state index contributed by atoms with van der Waals surface area (Å²) in [5, 5.41) is 0. The number of ketones is 1. The summed E-state index contributed by atoms with van der Waals surface area (Å²) in [7, 11) is 0. The zero-order valence-corrected chi connectivity index (χ0v) is 10.4. The molecular weight excluding hydrogens is 256 g/mol. The first-order valence-electron chi connectivity index (χ1n) is 5.92. The topological polar surface area (TPSA) is 46.6 Å². The maximum absolute atomic E-state index is 13.6. The number of esters is 1. The maximum atomic E-state index is 13.6. The third kappa shape index (κ3) is 2.72. The number of benzene rings is 1. The molecule has 102 valence electrons. The van der Waals surface area contributed by atoms with Crippen molar-refractivity contribution in [2.24, 2.45) is 5.92 Å². The number of ether oxygens (including phenoxy) is 1. The third-order valence-electron chi connectivity index (χ3n) is 2.96. The Balaban J connectivity index is 2.16. The standard InChI is InChI=1S/C13H13F2NO3/c1-2-19-13(18)9-6-16(7-12(9)17)11-4-3-8(14)5-10(11)15/h3-5,9H,2,6-7H2,1H3. The fourth-order valence-corrected chi connectivity index (χ4v) is 2.06. The summed E-state index contributed by atoms with van der Waals surface area (Å²) in [4.78, 5) is 24.7. The molecule has 1 fully saturated rings. The Labute approximate surface area is 109 Å². The number of Topliss-reactive ketones (excluding diaryl/α,β-unsaturated/α-hetero) is 1. The summed E-state index contributed by atoms with van der Waals surface area (Å²) in [6.07, 6.45) is 0. The first kappa shape index (κ1) is 13.5. The van der Waals surface area contributed by atoms with Crippen molar-refractivity contribution < 1.29 is 23.1 Å². The first-order chi connectivity index (χ1) is 9.02. The number of rotatable bonds is 3. The molecule has 1 aromatic rings. The van der Waals surface area contributed by atoms with Gasteiger partial charge < -0.3 is 9.64 Å². The summed E-state index contributed by atoms with van der Waals surface area (Å²) >= 11 is 0.